The number of ether oxygens (including phenoxy) is 2. The summed E-state index contributed by atoms with van der Waals surface area (Å²) in [6, 6.07) is 10.3. The molecule has 3 N–H and O–H groups in total. The molecule has 0 radical (unpaired) electrons. The van der Waals surface area contributed by atoms with Crippen LogP contribution in [0.25, 0.3) is 0 Å². The molecule has 3 rings (SSSR count). The lowest BCUT2D eigenvalue weighted by Gasteiger charge is -2.34. The molecule has 1 saturated carbocycles. The quantitative estimate of drug-likeness (QED) is 0.367. The van der Waals surface area contributed by atoms with E-state index in [4.69, 9.17) is 9.47 Å². The van der Waals surface area contributed by atoms with E-state index in [2.05, 4.69) is 16.7 Å². The van der Waals surface area contributed by atoms with E-state index in [0.717, 1.165) is 18.4 Å². The number of nitrogens with zero attached hydrogens (tertiary/aromatic N) is 1. The molecule has 2 amide bonds. The average molecular weight is 536 g/mol. The second kappa shape index (κ2) is 12.7. The first-order valence-corrected chi connectivity index (χ1v) is 13.3. The van der Waals surface area contributed by atoms with Crippen molar-refractivity contribution in [1.29, 1.82) is 5.26 Å². The van der Waals surface area contributed by atoms with Crippen LogP contribution in [0.3, 0.4) is 0 Å². The number of hydrogen-bond acceptors (Lipinski definition) is 6. The Balaban J connectivity index is 1.88. The monoisotopic (exact) mass is 535 g/mol. The molecule has 0 spiro atoms. The summed E-state index contributed by atoms with van der Waals surface area (Å²) in [6.07, 6.45) is 3.22. The largest absolute Gasteiger partial charge is 0.496 e. The van der Waals surface area contributed by atoms with E-state index < -0.39 is 17.3 Å². The van der Waals surface area contributed by atoms with Crippen LogP contribution in [-0.4, -0.2) is 42.1 Å². The lowest BCUT2D eigenvalue weighted by atomic mass is 9.75. The van der Waals surface area contributed by atoms with E-state index in [0.29, 0.717) is 36.9 Å². The number of nitriles is 1. The minimum atomic E-state index is -0.828. The van der Waals surface area contributed by atoms with Gasteiger partial charge < -0.3 is 25.2 Å². The van der Waals surface area contributed by atoms with Crippen molar-refractivity contribution < 1.29 is 29.0 Å². The zero-order valence-electron chi connectivity index (χ0n) is 23.2. The van der Waals surface area contributed by atoms with E-state index >= 15 is 0 Å². The topological polar surface area (TPSA) is 138 Å². The number of carbonyl (C=O) groups is 3. The van der Waals surface area contributed by atoms with Gasteiger partial charge in [0.2, 0.25) is 0 Å². The van der Waals surface area contributed by atoms with Gasteiger partial charge in [-0.2, -0.15) is 5.26 Å². The summed E-state index contributed by atoms with van der Waals surface area (Å²) >= 11 is 0. The van der Waals surface area contributed by atoms with Crippen LogP contribution in [0.1, 0.15) is 91.1 Å². The summed E-state index contributed by atoms with van der Waals surface area (Å²) in [5.74, 6) is -1.21. The second-order valence-electron chi connectivity index (χ2n) is 10.3. The third kappa shape index (κ3) is 6.88. The molecule has 39 heavy (non-hydrogen) atoms. The van der Waals surface area contributed by atoms with Gasteiger partial charge in [0.1, 0.15) is 17.6 Å². The van der Waals surface area contributed by atoms with Gasteiger partial charge >= 0.3 is 5.97 Å². The smallest absolute Gasteiger partial charge is 0.309 e. The van der Waals surface area contributed by atoms with E-state index in [9.17, 15) is 24.8 Å². The van der Waals surface area contributed by atoms with Gasteiger partial charge in [0, 0.05) is 12.1 Å². The van der Waals surface area contributed by atoms with Gasteiger partial charge in [-0.05, 0) is 76.1 Å². The Morgan fingerprint density at radius 3 is 2.31 bits per heavy atom. The van der Waals surface area contributed by atoms with Crippen LogP contribution < -0.4 is 20.1 Å². The average Bonchev–Trinajstić information content (AvgIpc) is 2.92. The number of anilines is 1. The van der Waals surface area contributed by atoms with E-state index in [1.165, 1.54) is 19.2 Å². The van der Waals surface area contributed by atoms with Crippen LogP contribution >= 0.6 is 0 Å². The molecular formula is C30H37N3O6. The predicted octanol–water partition coefficient (Wildman–Crippen LogP) is 5.46. The van der Waals surface area contributed by atoms with Crippen molar-refractivity contribution >= 4 is 23.5 Å². The molecule has 0 bridgehead atoms. The van der Waals surface area contributed by atoms with Crippen molar-refractivity contribution in [3.05, 3.63) is 52.6 Å². The number of nitrogens with one attached hydrogen (secondary N) is 2. The van der Waals surface area contributed by atoms with Crippen molar-refractivity contribution in [2.24, 2.45) is 5.41 Å². The SMILES string of the molecule is CCC(CC)NC(=O)c1ccc(C)cc1NC(=O)c1cc(OC2CCC(C)(C(=O)O)CC2)c(C#N)cc1OC. The summed E-state index contributed by atoms with van der Waals surface area (Å²) in [7, 11) is 1.41. The van der Waals surface area contributed by atoms with Gasteiger partial charge in [0.25, 0.3) is 11.8 Å². The van der Waals surface area contributed by atoms with Gasteiger partial charge in [-0.1, -0.05) is 19.9 Å². The molecule has 208 valence electrons. The molecule has 1 fully saturated rings. The van der Waals surface area contributed by atoms with E-state index in [1.807, 2.05) is 26.8 Å². The van der Waals surface area contributed by atoms with Gasteiger partial charge in [0.05, 0.1) is 41.0 Å². The summed E-state index contributed by atoms with van der Waals surface area (Å²) in [5.41, 5.74) is 1.12. The zero-order valence-corrected chi connectivity index (χ0v) is 23.2. The maximum absolute atomic E-state index is 13.5. The fourth-order valence-corrected chi connectivity index (χ4v) is 4.74. The Labute approximate surface area is 229 Å². The molecule has 0 atom stereocenters. The highest BCUT2D eigenvalue weighted by Crippen LogP contribution is 2.39. The highest BCUT2D eigenvalue weighted by molar-refractivity contribution is 6.10. The van der Waals surface area contributed by atoms with Crippen LogP contribution in [0.4, 0.5) is 5.69 Å². The molecule has 9 nitrogen and oxygen atoms in total. The molecule has 0 aromatic heterocycles. The molecule has 0 saturated heterocycles. The number of carboxylic acid groups (broad SMARTS) is 1. The van der Waals surface area contributed by atoms with Gasteiger partial charge in [-0.3, -0.25) is 14.4 Å². The molecule has 1 aliphatic carbocycles. The minimum Gasteiger partial charge on any atom is -0.496 e. The Bertz CT molecular complexity index is 1270. The maximum atomic E-state index is 13.5. The van der Waals surface area contributed by atoms with Crippen molar-refractivity contribution in [2.45, 2.75) is 78.4 Å². The van der Waals surface area contributed by atoms with Crippen LogP contribution in [0, 0.1) is 23.7 Å². The van der Waals surface area contributed by atoms with Crippen LogP contribution in [0.5, 0.6) is 11.5 Å². The first-order valence-electron chi connectivity index (χ1n) is 13.3. The van der Waals surface area contributed by atoms with Crippen LogP contribution in [-0.2, 0) is 4.79 Å². The Hall–Kier alpha value is -4.06. The predicted molar refractivity (Wildman–Crippen MR) is 147 cm³/mol. The van der Waals surface area contributed by atoms with Crippen LogP contribution in [0.15, 0.2) is 30.3 Å². The Morgan fingerprint density at radius 2 is 1.74 bits per heavy atom. The number of carbonyl (C=O) groups excluding carboxylic acids is 2. The standard InChI is InChI=1S/C30H37N3O6/c1-6-20(7-2)32-27(34)22-9-8-18(3)14-24(22)33-28(35)23-16-25(19(17-31)15-26(23)38-5)39-21-10-12-30(4,13-11-21)29(36)37/h8-9,14-16,20-21H,6-7,10-13H2,1-5H3,(H,32,34)(H,33,35)(H,36,37). The highest BCUT2D eigenvalue weighted by atomic mass is 16.5. The van der Waals surface area contributed by atoms with Gasteiger partial charge in [-0.15, -0.1) is 0 Å². The fraction of sp³-hybridized carbons (Fsp3) is 0.467. The number of rotatable bonds is 10. The van der Waals surface area contributed by atoms with Crippen molar-refractivity contribution in [2.75, 3.05) is 12.4 Å². The lowest BCUT2D eigenvalue weighted by Crippen LogP contribution is -2.36. The fourth-order valence-electron chi connectivity index (χ4n) is 4.74. The summed E-state index contributed by atoms with van der Waals surface area (Å²) in [6.45, 7) is 7.60. The summed E-state index contributed by atoms with van der Waals surface area (Å²) in [4.78, 5) is 38.1. The van der Waals surface area contributed by atoms with E-state index in [1.54, 1.807) is 19.1 Å². The van der Waals surface area contributed by atoms with Gasteiger partial charge in [0.15, 0.2) is 0 Å². The number of amides is 2. The summed E-state index contributed by atoms with van der Waals surface area (Å²) < 4.78 is 11.5. The molecule has 9 heteroatoms. The third-order valence-corrected chi connectivity index (χ3v) is 7.50. The maximum Gasteiger partial charge on any atom is 0.309 e. The number of benzene rings is 2. The Kier molecular flexibility index (Phi) is 9.57. The number of carboxylic acids is 1. The normalized spacial score (nSPS) is 18.6. The molecule has 0 unspecified atom stereocenters. The van der Waals surface area contributed by atoms with Gasteiger partial charge in [-0.25, -0.2) is 0 Å². The van der Waals surface area contributed by atoms with Crippen LogP contribution in [0.2, 0.25) is 0 Å². The molecular weight excluding hydrogens is 498 g/mol. The zero-order chi connectivity index (χ0) is 28.7. The number of methoxy groups -OCH3 is 1. The van der Waals surface area contributed by atoms with Crippen molar-refractivity contribution in [1.82, 2.24) is 5.32 Å². The van der Waals surface area contributed by atoms with Crippen molar-refractivity contribution in [3.63, 3.8) is 0 Å². The molecule has 2 aromatic rings. The summed E-state index contributed by atoms with van der Waals surface area (Å²) in [5, 5.41) is 25.1. The third-order valence-electron chi connectivity index (χ3n) is 7.50. The molecule has 2 aromatic carbocycles. The Morgan fingerprint density at radius 1 is 1.08 bits per heavy atom. The minimum absolute atomic E-state index is 0.0221. The number of hydrogen-bond donors (Lipinski definition) is 3. The number of aliphatic carboxylic acids is 1. The second-order valence-corrected chi connectivity index (χ2v) is 10.3. The first kappa shape index (κ1) is 29.5. The molecule has 0 heterocycles. The lowest BCUT2D eigenvalue weighted by molar-refractivity contribution is -0.150. The first-order chi connectivity index (χ1) is 18.5. The highest BCUT2D eigenvalue weighted by Gasteiger charge is 2.38. The molecule has 1 aliphatic rings. The molecule has 0 aliphatic heterocycles. The number of aryl methyl sites for hydroxylation is 1. The van der Waals surface area contributed by atoms with Crippen molar-refractivity contribution in [3.8, 4) is 17.6 Å². The van der Waals surface area contributed by atoms with E-state index in [-0.39, 0.29) is 40.7 Å².